The van der Waals surface area contributed by atoms with Crippen LogP contribution in [0.5, 0.6) is 0 Å². The first-order valence-electron chi connectivity index (χ1n) is 6.84. The van der Waals surface area contributed by atoms with Gasteiger partial charge in [0.25, 0.3) is 5.91 Å². The average Bonchev–Trinajstić information content (AvgIpc) is 2.48. The third-order valence-electron chi connectivity index (χ3n) is 3.70. The molecule has 0 saturated carbocycles. The Balaban J connectivity index is 2.05. The number of carbonyl (C=O) groups excluding carboxylic acids is 1. The van der Waals surface area contributed by atoms with Gasteiger partial charge in [-0.3, -0.25) is 15.1 Å². The van der Waals surface area contributed by atoms with Crippen LogP contribution in [0.2, 0.25) is 0 Å². The Bertz CT molecular complexity index is 353. The summed E-state index contributed by atoms with van der Waals surface area (Å²) in [6.07, 6.45) is 2.80. The highest BCUT2D eigenvalue weighted by Gasteiger charge is 2.45. The van der Waals surface area contributed by atoms with Crippen molar-refractivity contribution in [1.82, 2.24) is 15.5 Å². The first kappa shape index (κ1) is 13.3. The molecule has 0 bridgehead atoms. The summed E-state index contributed by atoms with van der Waals surface area (Å²) in [6, 6.07) is 0. The van der Waals surface area contributed by atoms with E-state index < -0.39 is 5.54 Å². The lowest BCUT2D eigenvalue weighted by molar-refractivity contribution is -0.124. The van der Waals surface area contributed by atoms with Gasteiger partial charge in [0, 0.05) is 13.1 Å². The van der Waals surface area contributed by atoms with E-state index in [0.717, 1.165) is 38.9 Å². The molecule has 5 nitrogen and oxygen atoms in total. The number of amides is 1. The maximum atomic E-state index is 12.2. The van der Waals surface area contributed by atoms with E-state index in [2.05, 4.69) is 41.4 Å². The van der Waals surface area contributed by atoms with E-state index in [1.165, 1.54) is 0 Å². The number of carbonyl (C=O) groups is 1. The van der Waals surface area contributed by atoms with Crippen molar-refractivity contribution in [3.05, 3.63) is 0 Å². The summed E-state index contributed by atoms with van der Waals surface area (Å²) in [7, 11) is 2.11. The number of hydrogen-bond donors (Lipinski definition) is 2. The predicted octanol–water partition coefficient (Wildman–Crippen LogP) is 0.572. The standard InChI is InChI=1S/C13H24N4O/c1-10(2)9-14-12-15-11(18)13(16-12)5-4-7-17(3)8-6-13/h10H,4-9H2,1-3H3,(H2,14,15,16,18). The maximum absolute atomic E-state index is 12.2. The van der Waals surface area contributed by atoms with E-state index in [1.807, 2.05) is 0 Å². The molecule has 18 heavy (non-hydrogen) atoms. The highest BCUT2D eigenvalue weighted by atomic mass is 16.2. The lowest BCUT2D eigenvalue weighted by Gasteiger charge is -2.24. The second-order valence-corrected chi connectivity index (χ2v) is 5.90. The largest absolute Gasteiger partial charge is 0.342 e. The monoisotopic (exact) mass is 252 g/mol. The lowest BCUT2D eigenvalue weighted by atomic mass is 9.91. The van der Waals surface area contributed by atoms with E-state index in [-0.39, 0.29) is 5.91 Å². The minimum atomic E-state index is -0.416. The Hall–Kier alpha value is -1.10. The number of guanidine groups is 1. The Morgan fingerprint density at radius 1 is 1.39 bits per heavy atom. The van der Waals surface area contributed by atoms with Crippen molar-refractivity contribution in [1.29, 1.82) is 0 Å². The van der Waals surface area contributed by atoms with Crippen molar-refractivity contribution >= 4 is 11.9 Å². The van der Waals surface area contributed by atoms with Gasteiger partial charge in [0.2, 0.25) is 0 Å². The number of rotatable bonds is 2. The van der Waals surface area contributed by atoms with Gasteiger partial charge in [0.1, 0.15) is 5.54 Å². The number of likely N-dealkylation sites (tertiary alicyclic amines) is 1. The van der Waals surface area contributed by atoms with E-state index in [1.54, 1.807) is 0 Å². The molecule has 2 rings (SSSR count). The molecule has 102 valence electrons. The van der Waals surface area contributed by atoms with Crippen LogP contribution in [0.3, 0.4) is 0 Å². The van der Waals surface area contributed by atoms with Crippen molar-refractivity contribution < 1.29 is 4.79 Å². The van der Waals surface area contributed by atoms with E-state index in [4.69, 9.17) is 0 Å². The van der Waals surface area contributed by atoms with Crippen LogP contribution in [0.1, 0.15) is 33.1 Å². The maximum Gasteiger partial charge on any atom is 0.252 e. The van der Waals surface area contributed by atoms with Gasteiger partial charge in [-0.25, -0.2) is 0 Å². The molecule has 2 fully saturated rings. The van der Waals surface area contributed by atoms with Crippen LogP contribution >= 0.6 is 0 Å². The summed E-state index contributed by atoms with van der Waals surface area (Å²) < 4.78 is 0. The smallest absolute Gasteiger partial charge is 0.252 e. The molecule has 2 aliphatic rings. The van der Waals surface area contributed by atoms with E-state index >= 15 is 0 Å². The Kier molecular flexibility index (Phi) is 3.90. The summed E-state index contributed by atoms with van der Waals surface area (Å²) in [4.78, 5) is 18.9. The molecule has 5 heteroatoms. The molecular formula is C13H24N4O. The van der Waals surface area contributed by atoms with Gasteiger partial charge in [-0.05, 0) is 38.8 Å². The summed E-state index contributed by atoms with van der Waals surface area (Å²) >= 11 is 0. The highest BCUT2D eigenvalue weighted by Crippen LogP contribution is 2.25. The second kappa shape index (κ2) is 5.26. The quantitative estimate of drug-likeness (QED) is 0.755. The van der Waals surface area contributed by atoms with Gasteiger partial charge >= 0.3 is 0 Å². The zero-order valence-electron chi connectivity index (χ0n) is 11.6. The van der Waals surface area contributed by atoms with Gasteiger partial charge in [-0.1, -0.05) is 13.8 Å². The Labute approximate surface area is 109 Å². The van der Waals surface area contributed by atoms with Gasteiger partial charge in [0.15, 0.2) is 5.96 Å². The lowest BCUT2D eigenvalue weighted by Crippen LogP contribution is -2.47. The number of nitrogens with one attached hydrogen (secondary N) is 2. The van der Waals surface area contributed by atoms with Crippen LogP contribution in [0, 0.1) is 5.92 Å². The van der Waals surface area contributed by atoms with Crippen LogP contribution in [0.15, 0.2) is 4.99 Å². The number of nitrogens with zero attached hydrogens (tertiary/aromatic N) is 2. The molecule has 0 aliphatic carbocycles. The molecule has 0 aromatic heterocycles. The molecule has 0 aromatic rings. The van der Waals surface area contributed by atoms with Gasteiger partial charge in [0.05, 0.1) is 0 Å². The zero-order valence-corrected chi connectivity index (χ0v) is 11.6. The van der Waals surface area contributed by atoms with Crippen LogP contribution < -0.4 is 10.6 Å². The van der Waals surface area contributed by atoms with Crippen molar-refractivity contribution in [3.8, 4) is 0 Å². The van der Waals surface area contributed by atoms with Crippen molar-refractivity contribution in [2.24, 2.45) is 10.9 Å². The molecular weight excluding hydrogens is 228 g/mol. The summed E-state index contributed by atoms with van der Waals surface area (Å²) in [5.41, 5.74) is -0.416. The fraction of sp³-hybridized carbons (Fsp3) is 0.846. The van der Waals surface area contributed by atoms with E-state index in [9.17, 15) is 4.79 Å². The fourth-order valence-electron chi connectivity index (χ4n) is 2.52. The molecule has 1 amide bonds. The molecule has 1 spiro atoms. The average molecular weight is 252 g/mol. The second-order valence-electron chi connectivity index (χ2n) is 5.90. The summed E-state index contributed by atoms with van der Waals surface area (Å²) in [6.45, 7) is 7.01. The SMILES string of the molecule is CC(C)CN=C1NC(=O)C2(CCCN(C)CC2)N1. The van der Waals surface area contributed by atoms with Gasteiger partial charge < -0.3 is 10.2 Å². The van der Waals surface area contributed by atoms with Gasteiger partial charge in [-0.15, -0.1) is 0 Å². The molecule has 1 unspecified atom stereocenters. The third kappa shape index (κ3) is 2.83. The highest BCUT2D eigenvalue weighted by molar-refractivity contribution is 6.09. The molecule has 0 radical (unpaired) electrons. The van der Waals surface area contributed by atoms with Crippen LogP contribution in [0.25, 0.3) is 0 Å². The zero-order chi connectivity index (χ0) is 13.2. The molecule has 2 aliphatic heterocycles. The van der Waals surface area contributed by atoms with Crippen molar-refractivity contribution in [3.63, 3.8) is 0 Å². The molecule has 2 N–H and O–H groups in total. The number of hydrogen-bond acceptors (Lipinski definition) is 3. The van der Waals surface area contributed by atoms with Gasteiger partial charge in [-0.2, -0.15) is 0 Å². The predicted molar refractivity (Wildman–Crippen MR) is 72.5 cm³/mol. The normalized spacial score (nSPS) is 31.8. The third-order valence-corrected chi connectivity index (χ3v) is 3.70. The summed E-state index contributed by atoms with van der Waals surface area (Å²) in [5, 5.41) is 6.23. The molecule has 2 saturated heterocycles. The van der Waals surface area contributed by atoms with Crippen LogP contribution in [-0.2, 0) is 4.79 Å². The fourth-order valence-corrected chi connectivity index (χ4v) is 2.52. The summed E-state index contributed by atoms with van der Waals surface area (Å²) in [5.74, 6) is 1.27. The molecule has 0 aromatic carbocycles. The first-order valence-corrected chi connectivity index (χ1v) is 6.84. The van der Waals surface area contributed by atoms with E-state index in [0.29, 0.717) is 11.9 Å². The number of aliphatic imine (C=N–C) groups is 1. The topological polar surface area (TPSA) is 56.7 Å². The van der Waals surface area contributed by atoms with Crippen LogP contribution in [-0.4, -0.2) is 49.0 Å². The Morgan fingerprint density at radius 2 is 2.17 bits per heavy atom. The minimum Gasteiger partial charge on any atom is -0.342 e. The molecule has 2 heterocycles. The van der Waals surface area contributed by atoms with Crippen molar-refractivity contribution in [2.45, 2.75) is 38.6 Å². The van der Waals surface area contributed by atoms with Crippen molar-refractivity contribution in [2.75, 3.05) is 26.7 Å². The Morgan fingerprint density at radius 3 is 2.89 bits per heavy atom. The van der Waals surface area contributed by atoms with Crippen LogP contribution in [0.4, 0.5) is 0 Å². The minimum absolute atomic E-state index is 0.0975. The molecule has 1 atom stereocenters. The first-order chi connectivity index (χ1) is 8.52.